The molecule has 3 atom stereocenters. The Bertz CT molecular complexity index is 424. The van der Waals surface area contributed by atoms with Gasteiger partial charge in [0.05, 0.1) is 0 Å². The monoisotopic (exact) mass is 271 g/mol. The molecule has 3 unspecified atom stereocenters. The number of nitrogens with one attached hydrogen (secondary N) is 1. The van der Waals surface area contributed by atoms with Crippen molar-refractivity contribution in [3.63, 3.8) is 0 Å². The summed E-state index contributed by atoms with van der Waals surface area (Å²) in [6.45, 7) is 1.22. The summed E-state index contributed by atoms with van der Waals surface area (Å²) >= 11 is 0. The van der Waals surface area contributed by atoms with E-state index in [2.05, 4.69) is 36.6 Å². The van der Waals surface area contributed by atoms with Gasteiger partial charge in [0, 0.05) is 0 Å². The number of aryl methyl sites for hydroxylation is 1. The molecule has 0 saturated heterocycles. The molecule has 0 spiro atoms. The molecular formula is C19H29N. The highest BCUT2D eigenvalue weighted by atomic mass is 14.8. The van der Waals surface area contributed by atoms with Gasteiger partial charge in [0.15, 0.2) is 0 Å². The summed E-state index contributed by atoms with van der Waals surface area (Å²) in [5.41, 5.74) is 3.30. The van der Waals surface area contributed by atoms with Gasteiger partial charge in [-0.2, -0.15) is 0 Å². The number of rotatable bonds is 4. The van der Waals surface area contributed by atoms with E-state index in [1.165, 1.54) is 57.9 Å². The second-order valence-electron chi connectivity index (χ2n) is 6.89. The topological polar surface area (TPSA) is 12.0 Å². The highest BCUT2D eigenvalue weighted by Crippen LogP contribution is 2.41. The minimum atomic E-state index is 0.836. The Morgan fingerprint density at radius 3 is 2.65 bits per heavy atom. The molecule has 1 aromatic rings. The van der Waals surface area contributed by atoms with Crippen molar-refractivity contribution in [3.05, 3.63) is 35.4 Å². The van der Waals surface area contributed by atoms with Gasteiger partial charge in [-0.25, -0.2) is 0 Å². The first kappa shape index (κ1) is 14.1. The van der Waals surface area contributed by atoms with Gasteiger partial charge < -0.3 is 5.32 Å². The molecule has 1 nitrogen and oxygen atoms in total. The molecule has 1 fully saturated rings. The third kappa shape index (κ3) is 3.09. The fraction of sp³-hybridized carbons (Fsp3) is 0.684. The van der Waals surface area contributed by atoms with Gasteiger partial charge in [0.25, 0.3) is 0 Å². The quantitative estimate of drug-likeness (QED) is 0.849. The molecule has 0 aliphatic heterocycles. The van der Waals surface area contributed by atoms with E-state index in [-0.39, 0.29) is 0 Å². The molecular weight excluding hydrogens is 242 g/mol. The summed E-state index contributed by atoms with van der Waals surface area (Å²) in [5, 5.41) is 3.42. The number of benzene rings is 1. The lowest BCUT2D eigenvalue weighted by atomic mass is 9.71. The van der Waals surface area contributed by atoms with Gasteiger partial charge in [0.2, 0.25) is 0 Å². The van der Waals surface area contributed by atoms with Crippen molar-refractivity contribution in [2.24, 2.45) is 11.8 Å². The van der Waals surface area contributed by atoms with Crippen LogP contribution in [-0.2, 0) is 6.42 Å². The predicted octanol–water partition coefficient (Wildman–Crippen LogP) is 4.52. The number of hydrogen-bond acceptors (Lipinski definition) is 1. The van der Waals surface area contributed by atoms with Crippen LogP contribution >= 0.6 is 0 Å². The van der Waals surface area contributed by atoms with Crippen molar-refractivity contribution in [2.45, 2.75) is 57.3 Å². The zero-order chi connectivity index (χ0) is 13.8. The highest BCUT2D eigenvalue weighted by Gasteiger charge is 2.29. The minimum Gasteiger partial charge on any atom is -0.319 e. The Morgan fingerprint density at radius 2 is 1.80 bits per heavy atom. The summed E-state index contributed by atoms with van der Waals surface area (Å²) in [6.07, 6.45) is 11.4. The first-order valence-corrected chi connectivity index (χ1v) is 8.61. The molecule has 1 saturated carbocycles. The lowest BCUT2D eigenvalue weighted by Gasteiger charge is -2.36. The Balaban J connectivity index is 1.71. The van der Waals surface area contributed by atoms with Gasteiger partial charge in [-0.05, 0) is 74.6 Å². The summed E-state index contributed by atoms with van der Waals surface area (Å²) in [6, 6.07) is 9.21. The Morgan fingerprint density at radius 1 is 1.00 bits per heavy atom. The normalized spacial score (nSPS) is 29.9. The van der Waals surface area contributed by atoms with Crippen molar-refractivity contribution < 1.29 is 0 Å². The minimum absolute atomic E-state index is 0.836. The zero-order valence-corrected chi connectivity index (χ0v) is 12.9. The van der Waals surface area contributed by atoms with Crippen LogP contribution in [0.5, 0.6) is 0 Å². The second-order valence-corrected chi connectivity index (χ2v) is 6.89. The molecule has 3 rings (SSSR count). The fourth-order valence-electron chi connectivity index (χ4n) is 4.59. The van der Waals surface area contributed by atoms with Crippen LogP contribution in [0.2, 0.25) is 0 Å². The molecule has 0 heterocycles. The Hall–Kier alpha value is -0.820. The van der Waals surface area contributed by atoms with E-state index >= 15 is 0 Å². The number of hydrogen-bond donors (Lipinski definition) is 1. The third-order valence-electron chi connectivity index (χ3n) is 5.61. The lowest BCUT2D eigenvalue weighted by Crippen LogP contribution is -2.30. The maximum atomic E-state index is 3.42. The van der Waals surface area contributed by atoms with Crippen LogP contribution in [0.3, 0.4) is 0 Å². The molecule has 1 aromatic carbocycles. The van der Waals surface area contributed by atoms with Gasteiger partial charge in [-0.1, -0.05) is 43.5 Å². The van der Waals surface area contributed by atoms with Crippen LogP contribution in [0.15, 0.2) is 24.3 Å². The summed E-state index contributed by atoms with van der Waals surface area (Å²) in [7, 11) is 2.11. The van der Waals surface area contributed by atoms with E-state index < -0.39 is 0 Å². The van der Waals surface area contributed by atoms with Gasteiger partial charge in [-0.15, -0.1) is 0 Å². The lowest BCUT2D eigenvalue weighted by molar-refractivity contribution is 0.205. The van der Waals surface area contributed by atoms with E-state index in [4.69, 9.17) is 0 Å². The zero-order valence-electron chi connectivity index (χ0n) is 12.9. The number of fused-ring (bicyclic) bond motifs is 1. The predicted molar refractivity (Wildman–Crippen MR) is 86.1 cm³/mol. The van der Waals surface area contributed by atoms with Crippen molar-refractivity contribution >= 4 is 0 Å². The maximum absolute atomic E-state index is 3.42. The molecule has 0 aromatic heterocycles. The standard InChI is InChI=1S/C19H29N/c1-20-14-18-9-3-2-8-16(18)13-17-11-6-10-15-7-4-5-12-19(15)17/h4-5,7,12,16-18,20H,2-3,6,8-11,13-14H2,1H3. The smallest absolute Gasteiger partial charge is 0.00209 e. The van der Waals surface area contributed by atoms with Gasteiger partial charge in [-0.3, -0.25) is 0 Å². The van der Waals surface area contributed by atoms with Gasteiger partial charge >= 0.3 is 0 Å². The fourth-order valence-corrected chi connectivity index (χ4v) is 4.59. The summed E-state index contributed by atoms with van der Waals surface area (Å²) in [5.74, 6) is 2.71. The summed E-state index contributed by atoms with van der Waals surface area (Å²) in [4.78, 5) is 0. The molecule has 0 amide bonds. The Labute approximate surface area is 124 Å². The second kappa shape index (κ2) is 6.76. The third-order valence-corrected chi connectivity index (χ3v) is 5.61. The van der Waals surface area contributed by atoms with Crippen LogP contribution in [0, 0.1) is 11.8 Å². The first-order valence-electron chi connectivity index (χ1n) is 8.61. The van der Waals surface area contributed by atoms with Crippen LogP contribution in [0.25, 0.3) is 0 Å². The van der Waals surface area contributed by atoms with E-state index in [0.29, 0.717) is 0 Å². The average molecular weight is 271 g/mol. The maximum Gasteiger partial charge on any atom is -0.00209 e. The molecule has 1 heteroatoms. The van der Waals surface area contributed by atoms with Crippen LogP contribution in [0.4, 0.5) is 0 Å². The van der Waals surface area contributed by atoms with E-state index in [9.17, 15) is 0 Å². The molecule has 110 valence electrons. The molecule has 0 bridgehead atoms. The van der Waals surface area contributed by atoms with Crippen molar-refractivity contribution in [2.75, 3.05) is 13.6 Å². The van der Waals surface area contributed by atoms with Crippen molar-refractivity contribution in [1.29, 1.82) is 0 Å². The molecule has 0 radical (unpaired) electrons. The van der Waals surface area contributed by atoms with Gasteiger partial charge in [0.1, 0.15) is 0 Å². The van der Waals surface area contributed by atoms with Crippen molar-refractivity contribution in [3.8, 4) is 0 Å². The van der Waals surface area contributed by atoms with E-state index in [1.54, 1.807) is 11.1 Å². The largest absolute Gasteiger partial charge is 0.319 e. The molecule has 2 aliphatic carbocycles. The molecule has 20 heavy (non-hydrogen) atoms. The van der Waals surface area contributed by atoms with Crippen molar-refractivity contribution in [1.82, 2.24) is 5.32 Å². The van der Waals surface area contributed by atoms with Crippen LogP contribution in [0.1, 0.15) is 62.0 Å². The Kier molecular flexibility index (Phi) is 4.77. The average Bonchev–Trinajstić information content (AvgIpc) is 2.50. The molecule has 1 N–H and O–H groups in total. The molecule has 2 aliphatic rings. The summed E-state index contributed by atoms with van der Waals surface area (Å²) < 4.78 is 0. The van der Waals surface area contributed by atoms with Crippen LogP contribution in [-0.4, -0.2) is 13.6 Å². The van der Waals surface area contributed by atoms with Crippen LogP contribution < -0.4 is 5.32 Å². The SMILES string of the molecule is CNCC1CCCCC1CC1CCCc2ccccc21. The first-order chi connectivity index (χ1) is 9.88. The van der Waals surface area contributed by atoms with E-state index in [0.717, 1.165) is 17.8 Å². The van der Waals surface area contributed by atoms with E-state index in [1.807, 2.05) is 0 Å². The highest BCUT2D eigenvalue weighted by molar-refractivity contribution is 5.32.